The number of carbonyl (C=O) groups excluding carboxylic acids is 3. The van der Waals surface area contributed by atoms with Gasteiger partial charge in [-0.1, -0.05) is 72.6 Å². The molecule has 0 aliphatic carbocycles. The zero-order valence-corrected chi connectivity index (χ0v) is 16.2. The number of rotatable bonds is 8. The Hall–Kier alpha value is -2.64. The van der Waals surface area contributed by atoms with E-state index in [9.17, 15) is 14.4 Å². The van der Waals surface area contributed by atoms with Crippen LogP contribution in [0.1, 0.15) is 17.5 Å². The zero-order valence-electron chi connectivity index (χ0n) is 15.4. The van der Waals surface area contributed by atoms with Crippen molar-refractivity contribution >= 4 is 29.5 Å². The van der Waals surface area contributed by atoms with Crippen molar-refractivity contribution in [1.82, 2.24) is 9.62 Å². The lowest BCUT2D eigenvalue weighted by molar-refractivity contribution is -0.138. The summed E-state index contributed by atoms with van der Waals surface area (Å²) in [5.41, 5.74) is 7.16. The Bertz CT molecular complexity index is 829. The predicted molar refractivity (Wildman–Crippen MR) is 109 cm³/mol. The summed E-state index contributed by atoms with van der Waals surface area (Å²) in [4.78, 5) is 36.6. The summed E-state index contributed by atoms with van der Waals surface area (Å²) >= 11 is 1.62. The molecule has 0 saturated carbocycles. The van der Waals surface area contributed by atoms with E-state index in [1.807, 2.05) is 65.0 Å². The Morgan fingerprint density at radius 2 is 1.64 bits per heavy atom. The predicted octanol–water partition coefficient (Wildman–Crippen LogP) is 1.69. The van der Waals surface area contributed by atoms with Crippen molar-refractivity contribution < 1.29 is 14.4 Å². The maximum atomic E-state index is 12.9. The lowest BCUT2D eigenvalue weighted by atomic mass is 10.0. The molecule has 2 aromatic carbocycles. The maximum absolute atomic E-state index is 12.9. The largest absolute Gasteiger partial charge is 0.363 e. The number of benzene rings is 2. The van der Waals surface area contributed by atoms with Gasteiger partial charge < -0.3 is 11.1 Å². The van der Waals surface area contributed by atoms with Gasteiger partial charge in [0.2, 0.25) is 11.7 Å². The molecule has 1 aliphatic rings. The van der Waals surface area contributed by atoms with Crippen molar-refractivity contribution in [1.29, 1.82) is 0 Å². The van der Waals surface area contributed by atoms with Crippen LogP contribution in [-0.2, 0) is 27.3 Å². The number of hydrogen-bond donors (Lipinski definition) is 2. The fourth-order valence-corrected chi connectivity index (χ4v) is 4.38. The first-order valence-corrected chi connectivity index (χ1v) is 10.1. The van der Waals surface area contributed by atoms with Crippen molar-refractivity contribution in [2.75, 3.05) is 5.75 Å². The summed E-state index contributed by atoms with van der Waals surface area (Å²) < 4.78 is 2.03. The normalized spacial score (nSPS) is 17.8. The minimum Gasteiger partial charge on any atom is -0.363 e. The molecule has 7 heteroatoms. The molecule has 146 valence electrons. The van der Waals surface area contributed by atoms with Crippen LogP contribution >= 0.6 is 11.9 Å². The highest BCUT2D eigenvalue weighted by Crippen LogP contribution is 2.29. The smallest absolute Gasteiger partial charge is 0.287 e. The molecule has 0 aromatic heterocycles. The van der Waals surface area contributed by atoms with Crippen LogP contribution in [0, 0.1) is 0 Å². The van der Waals surface area contributed by atoms with E-state index in [0.29, 0.717) is 13.0 Å². The van der Waals surface area contributed by atoms with Gasteiger partial charge in [0.05, 0.1) is 0 Å². The Morgan fingerprint density at radius 3 is 2.25 bits per heavy atom. The van der Waals surface area contributed by atoms with Gasteiger partial charge in [0, 0.05) is 18.7 Å². The number of nitrogens with two attached hydrogens (primary N) is 1. The van der Waals surface area contributed by atoms with Gasteiger partial charge in [0.1, 0.15) is 12.1 Å². The summed E-state index contributed by atoms with van der Waals surface area (Å²) in [7, 11) is 0. The van der Waals surface area contributed by atoms with E-state index in [1.54, 1.807) is 11.9 Å². The third-order valence-corrected chi connectivity index (χ3v) is 5.77. The number of nitrogens with zero attached hydrogens (tertiary/aromatic N) is 1. The summed E-state index contributed by atoms with van der Waals surface area (Å²) in [5, 5.41) is 2.76. The number of amides is 2. The number of nitrogens with one attached hydrogen (secondary N) is 1. The third-order valence-electron chi connectivity index (χ3n) is 4.64. The minimum atomic E-state index is -1.04. The minimum absolute atomic E-state index is 0.229. The van der Waals surface area contributed by atoms with E-state index in [1.165, 1.54) is 0 Å². The zero-order chi connectivity index (χ0) is 19.9. The molecule has 6 nitrogen and oxygen atoms in total. The fraction of sp³-hybridized carbons (Fsp3) is 0.286. The average molecular weight is 398 g/mol. The summed E-state index contributed by atoms with van der Waals surface area (Å²) in [6, 6.07) is 17.8. The van der Waals surface area contributed by atoms with Crippen molar-refractivity contribution in [3.8, 4) is 0 Å². The molecule has 3 N–H and O–H groups in total. The lowest BCUT2D eigenvalue weighted by Gasteiger charge is -2.25. The van der Waals surface area contributed by atoms with E-state index in [4.69, 9.17) is 5.73 Å². The highest BCUT2D eigenvalue weighted by Gasteiger charge is 2.34. The number of primary amides is 1. The van der Waals surface area contributed by atoms with Crippen LogP contribution in [0.5, 0.6) is 0 Å². The molecule has 1 heterocycles. The van der Waals surface area contributed by atoms with E-state index >= 15 is 0 Å². The standard InChI is InChI=1S/C21H23N3O3S/c22-20(26)19(25)17(13-15-7-3-1-4-8-15)23-21(27)18-11-12-28-24(18)14-16-9-5-2-6-10-16/h1-10,17-18H,11-14H2,(H2,22,26)(H,23,27)/t17?,18-/m1/s1. The van der Waals surface area contributed by atoms with Crippen molar-refractivity contribution in [2.24, 2.45) is 5.73 Å². The fourth-order valence-electron chi connectivity index (χ4n) is 3.20. The summed E-state index contributed by atoms with van der Waals surface area (Å²) in [6.07, 6.45) is 0.916. The van der Waals surface area contributed by atoms with Crippen LogP contribution in [-0.4, -0.2) is 39.7 Å². The quantitative estimate of drug-likeness (QED) is 0.522. The van der Waals surface area contributed by atoms with Gasteiger partial charge in [0.15, 0.2) is 0 Å². The molecule has 1 aliphatic heterocycles. The van der Waals surface area contributed by atoms with Gasteiger partial charge in [-0.2, -0.15) is 0 Å². The topological polar surface area (TPSA) is 92.5 Å². The first-order valence-electron chi connectivity index (χ1n) is 9.16. The second kappa shape index (κ2) is 9.52. The van der Waals surface area contributed by atoms with Crippen molar-refractivity contribution in [3.63, 3.8) is 0 Å². The Labute approximate surface area is 168 Å². The third kappa shape index (κ3) is 5.21. The van der Waals surface area contributed by atoms with Crippen molar-refractivity contribution in [2.45, 2.75) is 31.5 Å². The van der Waals surface area contributed by atoms with E-state index in [-0.39, 0.29) is 18.4 Å². The Kier molecular flexibility index (Phi) is 6.84. The van der Waals surface area contributed by atoms with E-state index < -0.39 is 17.7 Å². The molecule has 3 rings (SSSR count). The molecule has 28 heavy (non-hydrogen) atoms. The van der Waals surface area contributed by atoms with E-state index in [0.717, 1.165) is 16.9 Å². The Morgan fingerprint density at radius 1 is 1.04 bits per heavy atom. The van der Waals surface area contributed by atoms with Crippen LogP contribution in [0.15, 0.2) is 60.7 Å². The highest BCUT2D eigenvalue weighted by atomic mass is 32.2. The molecule has 2 amide bonds. The second-order valence-corrected chi connectivity index (χ2v) is 7.81. The molecule has 1 saturated heterocycles. The number of Topliss-reactive ketones (excluding diaryl/α,β-unsaturated/α-hetero) is 1. The Balaban J connectivity index is 1.69. The summed E-state index contributed by atoms with van der Waals surface area (Å²) in [6.45, 7) is 0.636. The van der Waals surface area contributed by atoms with Crippen LogP contribution in [0.4, 0.5) is 0 Å². The molecular formula is C21H23N3O3S. The maximum Gasteiger partial charge on any atom is 0.287 e. The molecule has 0 bridgehead atoms. The molecule has 2 atom stereocenters. The molecule has 0 radical (unpaired) electrons. The first kappa shape index (κ1) is 20.1. The molecular weight excluding hydrogens is 374 g/mol. The molecule has 2 aromatic rings. The van der Waals surface area contributed by atoms with Gasteiger partial charge in [-0.05, 0) is 17.5 Å². The van der Waals surface area contributed by atoms with Crippen LogP contribution < -0.4 is 11.1 Å². The van der Waals surface area contributed by atoms with Crippen molar-refractivity contribution in [3.05, 3.63) is 71.8 Å². The lowest BCUT2D eigenvalue weighted by Crippen LogP contribution is -2.52. The van der Waals surface area contributed by atoms with Crippen LogP contribution in [0.3, 0.4) is 0 Å². The van der Waals surface area contributed by atoms with Gasteiger partial charge in [0.25, 0.3) is 5.91 Å². The highest BCUT2D eigenvalue weighted by molar-refractivity contribution is 7.97. The summed E-state index contributed by atoms with van der Waals surface area (Å²) in [5.74, 6) is -1.24. The number of ketones is 1. The number of carbonyl (C=O) groups is 3. The first-order chi connectivity index (χ1) is 13.5. The SMILES string of the molecule is NC(=O)C(=O)C(Cc1ccccc1)NC(=O)[C@H]1CCSN1Cc1ccccc1. The van der Waals surface area contributed by atoms with E-state index in [2.05, 4.69) is 5.32 Å². The van der Waals surface area contributed by atoms with Gasteiger partial charge in [-0.25, -0.2) is 4.31 Å². The molecule has 0 spiro atoms. The van der Waals surface area contributed by atoms with Crippen LogP contribution in [0.25, 0.3) is 0 Å². The van der Waals surface area contributed by atoms with Gasteiger partial charge in [-0.15, -0.1) is 0 Å². The average Bonchev–Trinajstić information content (AvgIpc) is 3.16. The molecule has 1 fully saturated rings. The van der Waals surface area contributed by atoms with Gasteiger partial charge in [-0.3, -0.25) is 14.4 Å². The second-order valence-electron chi connectivity index (χ2n) is 6.68. The molecule has 1 unspecified atom stereocenters. The monoisotopic (exact) mass is 397 g/mol. The van der Waals surface area contributed by atoms with Gasteiger partial charge >= 0.3 is 0 Å². The number of hydrogen-bond acceptors (Lipinski definition) is 5. The van der Waals surface area contributed by atoms with Crippen LogP contribution in [0.2, 0.25) is 0 Å².